The van der Waals surface area contributed by atoms with Crippen molar-refractivity contribution < 1.29 is 4.79 Å². The van der Waals surface area contributed by atoms with Gasteiger partial charge in [0.15, 0.2) is 0 Å². The van der Waals surface area contributed by atoms with E-state index in [-0.39, 0.29) is 5.91 Å². The Morgan fingerprint density at radius 1 is 1.37 bits per heavy atom. The molecule has 1 aromatic rings. The molecule has 5 heteroatoms. The van der Waals surface area contributed by atoms with Crippen molar-refractivity contribution in [3.05, 3.63) is 22.7 Å². The van der Waals surface area contributed by atoms with Crippen LogP contribution < -0.4 is 11.1 Å². The Hall–Kier alpha value is -0.710. The first-order valence-corrected chi connectivity index (χ1v) is 8.04. The third-order valence-electron chi connectivity index (χ3n) is 3.93. The van der Waals surface area contributed by atoms with Crippen molar-refractivity contribution in [1.29, 1.82) is 0 Å². The highest BCUT2D eigenvalue weighted by molar-refractivity contribution is 7.99. The number of carbonyl (C=O) groups is 1. The zero-order chi connectivity index (χ0) is 13.4. The number of nitrogens with one attached hydrogen (secondary N) is 1. The fourth-order valence-electron chi connectivity index (χ4n) is 2.78. The van der Waals surface area contributed by atoms with Crippen LogP contribution in [0, 0.1) is 5.92 Å². The highest BCUT2D eigenvalue weighted by Gasteiger charge is 2.28. The van der Waals surface area contributed by atoms with Crippen LogP contribution in [0.1, 0.15) is 37.3 Å². The lowest BCUT2D eigenvalue weighted by atomic mass is 10.1. The summed E-state index contributed by atoms with van der Waals surface area (Å²) in [6.45, 7) is 0. The van der Waals surface area contributed by atoms with Crippen LogP contribution >= 0.6 is 23.4 Å². The van der Waals surface area contributed by atoms with E-state index in [1.807, 2.05) is 12.1 Å². The van der Waals surface area contributed by atoms with E-state index < -0.39 is 6.04 Å². The van der Waals surface area contributed by atoms with E-state index in [9.17, 15) is 4.79 Å². The SMILES string of the molecule is NC1C(=O)Nc2cc(SCC3CCCC3)c(Cl)cc21. The molecule has 0 bridgehead atoms. The maximum atomic E-state index is 11.5. The molecule has 0 aromatic heterocycles. The van der Waals surface area contributed by atoms with Gasteiger partial charge in [0, 0.05) is 21.9 Å². The standard InChI is InChI=1S/C14H17ClN2OS/c15-10-5-9-11(17-14(18)13(9)16)6-12(10)19-7-8-3-1-2-4-8/h5-6,8,13H,1-4,7,16H2,(H,17,18). The lowest BCUT2D eigenvalue weighted by Gasteiger charge is -2.11. The van der Waals surface area contributed by atoms with Gasteiger partial charge in [-0.2, -0.15) is 0 Å². The van der Waals surface area contributed by atoms with Crippen LogP contribution in [0.5, 0.6) is 0 Å². The van der Waals surface area contributed by atoms with Gasteiger partial charge < -0.3 is 11.1 Å². The Kier molecular flexibility index (Phi) is 3.74. The van der Waals surface area contributed by atoms with Gasteiger partial charge >= 0.3 is 0 Å². The monoisotopic (exact) mass is 296 g/mol. The third kappa shape index (κ3) is 2.62. The molecular formula is C14H17ClN2OS. The maximum Gasteiger partial charge on any atom is 0.245 e. The topological polar surface area (TPSA) is 55.1 Å². The number of nitrogens with two attached hydrogens (primary N) is 1. The summed E-state index contributed by atoms with van der Waals surface area (Å²) in [6.07, 6.45) is 5.37. The van der Waals surface area contributed by atoms with Crippen LogP contribution in [-0.4, -0.2) is 11.7 Å². The Morgan fingerprint density at radius 3 is 2.84 bits per heavy atom. The zero-order valence-corrected chi connectivity index (χ0v) is 12.2. The molecule has 0 saturated heterocycles. The van der Waals surface area contributed by atoms with Gasteiger partial charge in [-0.15, -0.1) is 11.8 Å². The van der Waals surface area contributed by atoms with E-state index in [4.69, 9.17) is 17.3 Å². The normalized spacial score (nSPS) is 22.6. The molecule has 3 nitrogen and oxygen atoms in total. The minimum Gasteiger partial charge on any atom is -0.324 e. The largest absolute Gasteiger partial charge is 0.324 e. The molecular weight excluding hydrogens is 280 g/mol. The predicted molar refractivity (Wildman–Crippen MR) is 79.7 cm³/mol. The molecule has 3 rings (SSSR count). The van der Waals surface area contributed by atoms with Crippen LogP contribution in [0.2, 0.25) is 5.02 Å². The summed E-state index contributed by atoms with van der Waals surface area (Å²) in [5, 5.41) is 3.51. The first kappa shape index (κ1) is 13.3. The number of fused-ring (bicyclic) bond motifs is 1. The van der Waals surface area contributed by atoms with Crippen molar-refractivity contribution in [1.82, 2.24) is 0 Å². The average molecular weight is 297 g/mol. The van der Waals surface area contributed by atoms with Crippen molar-refractivity contribution >= 4 is 35.0 Å². The van der Waals surface area contributed by atoms with Gasteiger partial charge in [0.05, 0.1) is 5.02 Å². The minimum absolute atomic E-state index is 0.149. The minimum atomic E-state index is -0.582. The van der Waals surface area contributed by atoms with Crippen molar-refractivity contribution in [3.63, 3.8) is 0 Å². The Balaban J connectivity index is 1.76. The summed E-state index contributed by atoms with van der Waals surface area (Å²) in [4.78, 5) is 12.6. The molecule has 1 fully saturated rings. The molecule has 102 valence electrons. The summed E-state index contributed by atoms with van der Waals surface area (Å²) < 4.78 is 0. The van der Waals surface area contributed by atoms with E-state index in [1.165, 1.54) is 25.7 Å². The third-order valence-corrected chi connectivity index (χ3v) is 5.64. The van der Waals surface area contributed by atoms with Crippen molar-refractivity contribution in [3.8, 4) is 0 Å². The molecule has 1 heterocycles. The van der Waals surface area contributed by atoms with E-state index in [2.05, 4.69) is 5.32 Å². The average Bonchev–Trinajstić information content (AvgIpc) is 2.98. The summed E-state index contributed by atoms with van der Waals surface area (Å²) in [5.41, 5.74) is 7.43. The molecule has 1 saturated carbocycles. The van der Waals surface area contributed by atoms with Gasteiger partial charge in [0.2, 0.25) is 5.91 Å². The Bertz CT molecular complexity index is 514. The molecule has 19 heavy (non-hydrogen) atoms. The number of anilines is 1. The first-order valence-electron chi connectivity index (χ1n) is 6.68. The molecule has 1 atom stereocenters. The molecule has 1 aromatic carbocycles. The Morgan fingerprint density at radius 2 is 2.11 bits per heavy atom. The van der Waals surface area contributed by atoms with Crippen molar-refractivity contribution in [2.75, 3.05) is 11.1 Å². The van der Waals surface area contributed by atoms with Gasteiger partial charge in [-0.1, -0.05) is 24.4 Å². The van der Waals surface area contributed by atoms with E-state index in [0.29, 0.717) is 5.02 Å². The number of carbonyl (C=O) groups excluding carboxylic acids is 1. The lowest BCUT2D eigenvalue weighted by molar-refractivity contribution is -0.116. The smallest absolute Gasteiger partial charge is 0.245 e. The summed E-state index contributed by atoms with van der Waals surface area (Å²) in [7, 11) is 0. The fraction of sp³-hybridized carbons (Fsp3) is 0.500. The molecule has 1 unspecified atom stereocenters. The molecule has 0 spiro atoms. The lowest BCUT2D eigenvalue weighted by Crippen LogP contribution is -2.19. The number of amides is 1. The quantitative estimate of drug-likeness (QED) is 0.838. The molecule has 2 aliphatic rings. The second kappa shape index (κ2) is 5.35. The number of benzene rings is 1. The maximum absolute atomic E-state index is 11.5. The number of rotatable bonds is 3. The van der Waals surface area contributed by atoms with Gasteiger partial charge in [0.1, 0.15) is 6.04 Å². The molecule has 1 amide bonds. The van der Waals surface area contributed by atoms with E-state index >= 15 is 0 Å². The van der Waals surface area contributed by atoms with Crippen molar-refractivity contribution in [2.45, 2.75) is 36.6 Å². The van der Waals surface area contributed by atoms with Crippen LogP contribution in [-0.2, 0) is 4.79 Å². The van der Waals surface area contributed by atoms with Crippen LogP contribution in [0.4, 0.5) is 5.69 Å². The summed E-state index contributed by atoms with van der Waals surface area (Å²) >= 11 is 8.08. The number of halogens is 1. The summed E-state index contributed by atoms with van der Waals surface area (Å²) in [6, 6.07) is 3.21. The fourth-order valence-corrected chi connectivity index (χ4v) is 4.26. The van der Waals surface area contributed by atoms with Gasteiger partial charge in [-0.05, 0) is 30.9 Å². The van der Waals surface area contributed by atoms with E-state index in [0.717, 1.165) is 27.8 Å². The van der Waals surface area contributed by atoms with Crippen LogP contribution in [0.15, 0.2) is 17.0 Å². The highest BCUT2D eigenvalue weighted by Crippen LogP contribution is 2.39. The second-order valence-electron chi connectivity index (χ2n) is 5.30. The predicted octanol–water partition coefficient (Wildman–Crippen LogP) is 3.57. The number of hydrogen-bond acceptors (Lipinski definition) is 3. The van der Waals surface area contributed by atoms with E-state index in [1.54, 1.807) is 11.8 Å². The Labute approximate surface area is 122 Å². The van der Waals surface area contributed by atoms with Gasteiger partial charge in [-0.3, -0.25) is 4.79 Å². The molecule has 0 radical (unpaired) electrons. The van der Waals surface area contributed by atoms with Gasteiger partial charge in [0.25, 0.3) is 0 Å². The zero-order valence-electron chi connectivity index (χ0n) is 10.6. The van der Waals surface area contributed by atoms with Crippen LogP contribution in [0.3, 0.4) is 0 Å². The summed E-state index contributed by atoms with van der Waals surface area (Å²) in [5.74, 6) is 1.77. The van der Waals surface area contributed by atoms with Crippen molar-refractivity contribution in [2.24, 2.45) is 11.7 Å². The molecule has 1 aliphatic carbocycles. The number of thioether (sulfide) groups is 1. The van der Waals surface area contributed by atoms with Crippen LogP contribution in [0.25, 0.3) is 0 Å². The highest BCUT2D eigenvalue weighted by atomic mass is 35.5. The number of hydrogen-bond donors (Lipinski definition) is 2. The first-order chi connectivity index (χ1) is 9.15. The van der Waals surface area contributed by atoms with Gasteiger partial charge in [-0.25, -0.2) is 0 Å². The molecule has 3 N–H and O–H groups in total. The second-order valence-corrected chi connectivity index (χ2v) is 6.77. The molecule has 1 aliphatic heterocycles.